The van der Waals surface area contributed by atoms with Gasteiger partial charge in [0.15, 0.2) is 0 Å². The third-order valence-corrected chi connectivity index (χ3v) is 2.79. The Kier molecular flexibility index (Phi) is 5.62. The van der Waals surface area contributed by atoms with E-state index >= 15 is 0 Å². The van der Waals surface area contributed by atoms with Crippen LogP contribution in [-0.4, -0.2) is 29.1 Å². The van der Waals surface area contributed by atoms with Gasteiger partial charge in [0.25, 0.3) is 0 Å². The normalized spacial score (nSPS) is 10.7. The second-order valence-electron chi connectivity index (χ2n) is 5.01. The van der Waals surface area contributed by atoms with Crippen molar-refractivity contribution in [2.45, 2.75) is 33.6 Å². The highest BCUT2D eigenvalue weighted by Gasteiger charge is 2.10. The van der Waals surface area contributed by atoms with Crippen molar-refractivity contribution in [2.75, 3.05) is 18.0 Å². The van der Waals surface area contributed by atoms with E-state index in [2.05, 4.69) is 18.8 Å². The number of carbonyl (C=O) groups is 1. The van der Waals surface area contributed by atoms with Gasteiger partial charge in [0.05, 0.1) is 6.42 Å². The van der Waals surface area contributed by atoms with Crippen LogP contribution in [0.3, 0.4) is 0 Å². The lowest BCUT2D eigenvalue weighted by Gasteiger charge is -2.24. The maximum Gasteiger partial charge on any atom is 0.305 e. The zero-order valence-electron chi connectivity index (χ0n) is 11.4. The first-order chi connectivity index (χ1) is 8.49. The van der Waals surface area contributed by atoms with Crippen LogP contribution in [0.1, 0.15) is 32.3 Å². The lowest BCUT2D eigenvalue weighted by atomic mass is 10.1. The second kappa shape index (κ2) is 6.99. The van der Waals surface area contributed by atoms with E-state index in [0.717, 1.165) is 24.3 Å². The van der Waals surface area contributed by atoms with Gasteiger partial charge in [-0.25, -0.2) is 4.98 Å². The lowest BCUT2D eigenvalue weighted by Crippen LogP contribution is -2.28. The molecule has 0 fully saturated rings. The highest BCUT2D eigenvalue weighted by Crippen LogP contribution is 2.13. The third kappa shape index (κ3) is 5.17. The van der Waals surface area contributed by atoms with Crippen LogP contribution in [0.4, 0.5) is 5.82 Å². The zero-order valence-corrected chi connectivity index (χ0v) is 11.4. The Hall–Kier alpha value is -1.58. The van der Waals surface area contributed by atoms with E-state index in [4.69, 9.17) is 5.11 Å². The Morgan fingerprint density at radius 1 is 1.39 bits per heavy atom. The number of aliphatic carboxylic acids is 1. The topological polar surface area (TPSA) is 53.4 Å². The molecule has 0 saturated heterocycles. The number of nitrogens with zero attached hydrogens (tertiary/aromatic N) is 2. The van der Waals surface area contributed by atoms with Crippen molar-refractivity contribution in [3.05, 3.63) is 23.9 Å². The maximum atomic E-state index is 10.7. The second-order valence-corrected chi connectivity index (χ2v) is 5.01. The van der Waals surface area contributed by atoms with Crippen LogP contribution in [-0.2, 0) is 4.79 Å². The summed E-state index contributed by atoms with van der Waals surface area (Å²) in [5.41, 5.74) is 1.11. The molecule has 1 aromatic heterocycles. The summed E-state index contributed by atoms with van der Waals surface area (Å²) in [6.07, 6.45) is 3.00. The molecular formula is C14H22N2O2. The predicted octanol–water partition coefficient (Wildman–Crippen LogP) is 2.72. The maximum absolute atomic E-state index is 10.7. The first-order valence-corrected chi connectivity index (χ1v) is 6.38. The van der Waals surface area contributed by atoms with Crippen molar-refractivity contribution in [2.24, 2.45) is 5.92 Å². The standard InChI is InChI=1S/C14H22N2O2/c1-11(2)6-8-16(9-7-14(17)18)13-5-4-12(3)10-15-13/h4-5,10-11H,6-9H2,1-3H3,(H,17,18). The average molecular weight is 250 g/mol. The number of pyridine rings is 1. The molecule has 0 aromatic carbocycles. The molecular weight excluding hydrogens is 228 g/mol. The summed E-state index contributed by atoms with van der Waals surface area (Å²) >= 11 is 0. The molecule has 1 rings (SSSR count). The minimum absolute atomic E-state index is 0.146. The molecule has 0 spiro atoms. The number of aromatic nitrogens is 1. The summed E-state index contributed by atoms with van der Waals surface area (Å²) in [6.45, 7) is 7.68. The third-order valence-electron chi connectivity index (χ3n) is 2.79. The molecule has 1 heterocycles. The van der Waals surface area contributed by atoms with Gasteiger partial charge < -0.3 is 10.0 Å². The monoisotopic (exact) mass is 250 g/mol. The molecule has 0 unspecified atom stereocenters. The van der Waals surface area contributed by atoms with Crippen LogP contribution < -0.4 is 4.90 Å². The van der Waals surface area contributed by atoms with Crippen molar-refractivity contribution in [3.63, 3.8) is 0 Å². The zero-order chi connectivity index (χ0) is 13.5. The molecule has 1 N–H and O–H groups in total. The van der Waals surface area contributed by atoms with E-state index in [1.54, 1.807) is 0 Å². The van der Waals surface area contributed by atoms with Gasteiger partial charge in [-0.3, -0.25) is 4.79 Å². The van der Waals surface area contributed by atoms with Gasteiger partial charge in [0.2, 0.25) is 0 Å². The molecule has 4 heteroatoms. The van der Waals surface area contributed by atoms with Crippen LogP contribution in [0.2, 0.25) is 0 Å². The van der Waals surface area contributed by atoms with Gasteiger partial charge in [-0.1, -0.05) is 19.9 Å². The first kappa shape index (κ1) is 14.5. The smallest absolute Gasteiger partial charge is 0.305 e. The molecule has 0 aliphatic rings. The van der Waals surface area contributed by atoms with Gasteiger partial charge in [-0.05, 0) is 30.9 Å². The fourth-order valence-corrected chi connectivity index (χ4v) is 1.63. The molecule has 0 aliphatic carbocycles. The number of hydrogen-bond donors (Lipinski definition) is 1. The lowest BCUT2D eigenvalue weighted by molar-refractivity contribution is -0.136. The molecule has 0 amide bonds. The molecule has 0 aliphatic heterocycles. The van der Waals surface area contributed by atoms with Crippen LogP contribution in [0.5, 0.6) is 0 Å². The molecule has 1 aromatic rings. The highest BCUT2D eigenvalue weighted by molar-refractivity contribution is 5.67. The summed E-state index contributed by atoms with van der Waals surface area (Å²) in [5, 5.41) is 8.78. The number of rotatable bonds is 7. The average Bonchev–Trinajstić information content (AvgIpc) is 2.30. The summed E-state index contributed by atoms with van der Waals surface area (Å²) in [5.74, 6) is 0.696. The largest absolute Gasteiger partial charge is 0.481 e. The summed E-state index contributed by atoms with van der Waals surface area (Å²) in [6, 6.07) is 3.96. The number of carboxylic acid groups (broad SMARTS) is 1. The molecule has 0 saturated carbocycles. The van der Waals surface area contributed by atoms with E-state index in [9.17, 15) is 4.79 Å². The minimum Gasteiger partial charge on any atom is -0.481 e. The number of aryl methyl sites for hydroxylation is 1. The quantitative estimate of drug-likeness (QED) is 0.808. The van der Waals surface area contributed by atoms with Crippen LogP contribution in [0.25, 0.3) is 0 Å². The molecule has 0 atom stereocenters. The van der Waals surface area contributed by atoms with Crippen molar-refractivity contribution >= 4 is 11.8 Å². The van der Waals surface area contributed by atoms with E-state index < -0.39 is 5.97 Å². The minimum atomic E-state index is -0.767. The predicted molar refractivity (Wildman–Crippen MR) is 72.9 cm³/mol. The summed E-state index contributed by atoms with van der Waals surface area (Å²) < 4.78 is 0. The van der Waals surface area contributed by atoms with Crippen molar-refractivity contribution < 1.29 is 9.90 Å². The molecule has 18 heavy (non-hydrogen) atoms. The van der Waals surface area contributed by atoms with Gasteiger partial charge in [-0.2, -0.15) is 0 Å². The van der Waals surface area contributed by atoms with Crippen molar-refractivity contribution in [3.8, 4) is 0 Å². The molecule has 100 valence electrons. The first-order valence-electron chi connectivity index (χ1n) is 6.38. The van der Waals surface area contributed by atoms with Gasteiger partial charge in [0.1, 0.15) is 5.82 Å². The van der Waals surface area contributed by atoms with E-state index in [1.165, 1.54) is 0 Å². The fourth-order valence-electron chi connectivity index (χ4n) is 1.63. The SMILES string of the molecule is Cc1ccc(N(CCC(=O)O)CCC(C)C)nc1. The van der Waals surface area contributed by atoms with Crippen LogP contribution in [0, 0.1) is 12.8 Å². The molecule has 0 radical (unpaired) electrons. The fraction of sp³-hybridized carbons (Fsp3) is 0.571. The van der Waals surface area contributed by atoms with Gasteiger partial charge in [-0.15, -0.1) is 0 Å². The van der Waals surface area contributed by atoms with Gasteiger partial charge >= 0.3 is 5.97 Å². The molecule has 0 bridgehead atoms. The Morgan fingerprint density at radius 3 is 2.61 bits per heavy atom. The Bertz CT molecular complexity index is 374. The number of hydrogen-bond acceptors (Lipinski definition) is 3. The van der Waals surface area contributed by atoms with Crippen LogP contribution in [0.15, 0.2) is 18.3 Å². The number of carboxylic acids is 1. The Labute approximate surface area is 109 Å². The van der Waals surface area contributed by atoms with E-state index in [0.29, 0.717) is 12.5 Å². The Balaban J connectivity index is 2.68. The highest BCUT2D eigenvalue weighted by atomic mass is 16.4. The Morgan fingerprint density at radius 2 is 2.11 bits per heavy atom. The van der Waals surface area contributed by atoms with Crippen molar-refractivity contribution in [1.82, 2.24) is 4.98 Å². The summed E-state index contributed by atoms with van der Waals surface area (Å²) in [4.78, 5) is 17.1. The van der Waals surface area contributed by atoms with Crippen LogP contribution >= 0.6 is 0 Å². The number of anilines is 1. The van der Waals surface area contributed by atoms with E-state index in [-0.39, 0.29) is 6.42 Å². The molecule has 4 nitrogen and oxygen atoms in total. The van der Waals surface area contributed by atoms with Gasteiger partial charge in [0, 0.05) is 19.3 Å². The summed E-state index contributed by atoms with van der Waals surface area (Å²) in [7, 11) is 0. The van der Waals surface area contributed by atoms with Crippen molar-refractivity contribution in [1.29, 1.82) is 0 Å². The van der Waals surface area contributed by atoms with E-state index in [1.807, 2.05) is 30.2 Å².